The van der Waals surface area contributed by atoms with E-state index in [-0.39, 0.29) is 69.3 Å². The number of nitrogens with zero attached hydrogens (tertiary/aromatic N) is 1. The first-order valence-electron chi connectivity index (χ1n) is 2.39. The molecule has 0 saturated carbocycles. The molecule has 0 bridgehead atoms. The first-order chi connectivity index (χ1) is 3.15. The molecule has 0 aliphatic carbocycles. The average Bonchev–Trinajstić information content (AvgIpc) is 1.33. The van der Waals surface area contributed by atoms with Crippen LogP contribution in [-0.4, -0.2) is 40.8 Å². The standard InChI is InChI=1S/C3H9P.6CH3.Co.H6NSi2/c1-4(2)3;;;;;;;;2-1-3/h1-3H3;6*1H3;;2-3H3/q;6*-1;;-1/p+1. The molecule has 0 atom stereocenters. The Labute approximate surface area is 115 Å². The Morgan fingerprint density at radius 1 is 0.714 bits per heavy atom. The third kappa shape index (κ3) is 1150. The first-order valence-corrected chi connectivity index (χ1v) is 7.18. The predicted molar refractivity (Wildman–Crippen MR) is 87.8 cm³/mol. The predicted octanol–water partition coefficient (Wildman–Crippen LogP) is 1.71. The molecule has 0 aromatic rings. The number of hydrogen-bond acceptors (Lipinski definition) is 0. The molecule has 0 amide bonds. The molecule has 0 aromatic carbocycles. The Morgan fingerprint density at radius 2 is 0.714 bits per heavy atom. The van der Waals surface area contributed by atoms with Crippen LogP contribution in [0.2, 0.25) is 0 Å². The second-order valence-corrected chi connectivity index (χ2v) is 8.52. The van der Waals surface area contributed by atoms with Crippen molar-refractivity contribution in [2.45, 2.75) is 0 Å². The van der Waals surface area contributed by atoms with Crippen molar-refractivity contribution < 1.29 is 16.8 Å². The van der Waals surface area contributed by atoms with Gasteiger partial charge in [-0.2, -0.15) is 0 Å². The van der Waals surface area contributed by atoms with Gasteiger partial charge in [0.15, 0.2) is 0 Å². The summed E-state index contributed by atoms with van der Waals surface area (Å²) >= 11 is 0. The molecular weight excluding hydrogens is 268 g/mol. The van der Waals surface area contributed by atoms with Crippen LogP contribution in [0.4, 0.5) is 0 Å². The molecule has 0 N–H and O–H groups in total. The van der Waals surface area contributed by atoms with Crippen LogP contribution < -0.4 is 0 Å². The van der Waals surface area contributed by atoms with E-state index in [0.717, 1.165) is 20.8 Å². The molecule has 0 fully saturated rings. The first kappa shape index (κ1) is 78.6. The quantitative estimate of drug-likeness (QED) is 0.367. The van der Waals surface area contributed by atoms with Gasteiger partial charge in [0.2, 0.25) is 0 Å². The van der Waals surface area contributed by atoms with Crippen LogP contribution in [-0.2, 0) is 16.8 Å². The van der Waals surface area contributed by atoms with Crippen molar-refractivity contribution >= 4 is 28.7 Å². The zero-order valence-corrected chi connectivity index (χ0v) is 18.3. The molecule has 103 valence electrons. The SMILES string of the molecule is C[PH+](C)C.[CH3-].[CH3-].[CH3-].[CH3-].[CH3-].[CH3-].[Co].[SiH3][N-][SiH3]. The van der Waals surface area contributed by atoms with E-state index in [9.17, 15) is 0 Å². The fourth-order valence-electron chi connectivity index (χ4n) is 0. The van der Waals surface area contributed by atoms with Crippen LogP contribution in [0.3, 0.4) is 0 Å². The minimum Gasteiger partial charge on any atom is -0.682 e. The maximum absolute atomic E-state index is 3.78. The fraction of sp³-hybridized carbons (Fsp3) is 0.333. The fourth-order valence-corrected chi connectivity index (χ4v) is 0. The van der Waals surface area contributed by atoms with E-state index in [4.69, 9.17) is 0 Å². The van der Waals surface area contributed by atoms with E-state index < -0.39 is 0 Å². The molecule has 0 aliphatic rings. The van der Waals surface area contributed by atoms with Crippen LogP contribution in [0.1, 0.15) is 0 Å². The van der Waals surface area contributed by atoms with Gasteiger partial charge in [0.25, 0.3) is 0 Å². The number of hydrogen-bond donors (Lipinski definition) is 0. The molecule has 5 heteroatoms. The monoisotopic (exact) mass is 302 g/mol. The molecule has 0 heterocycles. The van der Waals surface area contributed by atoms with Crippen molar-refractivity contribution in [2.24, 2.45) is 0 Å². The Bertz CT molecular complexity index is 34.0. The molecule has 1 radical (unpaired) electrons. The van der Waals surface area contributed by atoms with E-state index >= 15 is 0 Å². The third-order valence-corrected chi connectivity index (χ3v) is 0. The maximum atomic E-state index is 3.78. The van der Waals surface area contributed by atoms with Crippen molar-refractivity contribution in [2.75, 3.05) is 20.0 Å². The Hall–Kier alpha value is 1.33. The second-order valence-electron chi connectivity index (χ2n) is 1.95. The molecule has 0 saturated heterocycles. The van der Waals surface area contributed by atoms with Crippen molar-refractivity contribution in [1.82, 2.24) is 0 Å². The molecule has 0 unspecified atom stereocenters. The Morgan fingerprint density at radius 3 is 0.714 bits per heavy atom. The smallest absolute Gasteiger partial charge is 0.0461 e. The summed E-state index contributed by atoms with van der Waals surface area (Å²) in [6, 6.07) is 0. The molecule has 14 heavy (non-hydrogen) atoms. The van der Waals surface area contributed by atoms with Gasteiger partial charge in [0, 0.05) is 36.8 Å². The van der Waals surface area contributed by atoms with Gasteiger partial charge in [0.05, 0.1) is 0 Å². The van der Waals surface area contributed by atoms with Crippen LogP contribution in [0.5, 0.6) is 0 Å². The largest absolute Gasteiger partial charge is 0.682 e. The van der Waals surface area contributed by atoms with Gasteiger partial charge in [0.1, 0.15) is 0 Å². The topological polar surface area (TPSA) is 14.1 Å². The van der Waals surface area contributed by atoms with Gasteiger partial charge in [-0.15, -0.1) is 20.8 Å². The zero-order valence-electron chi connectivity index (χ0n) is 12.3. The van der Waals surface area contributed by atoms with E-state index in [2.05, 4.69) is 24.6 Å². The van der Waals surface area contributed by atoms with Crippen LogP contribution in [0.15, 0.2) is 0 Å². The molecule has 0 aromatic heterocycles. The third-order valence-electron chi connectivity index (χ3n) is 0. The van der Waals surface area contributed by atoms with Gasteiger partial charge in [-0.1, -0.05) is 0 Å². The summed E-state index contributed by atoms with van der Waals surface area (Å²) in [4.78, 5) is 0. The van der Waals surface area contributed by atoms with Gasteiger partial charge >= 0.3 is 0 Å². The zero-order chi connectivity index (χ0) is 6.28. The average molecular weight is 302 g/mol. The summed E-state index contributed by atoms with van der Waals surface area (Å²) in [5, 5.41) is 0. The Kier molecular flexibility index (Phi) is 503. The molecule has 1 nitrogen and oxygen atoms in total. The van der Waals surface area contributed by atoms with Crippen molar-refractivity contribution in [3.05, 3.63) is 49.2 Å². The molecule has 0 aliphatic heterocycles. The van der Waals surface area contributed by atoms with Crippen molar-refractivity contribution in [3.8, 4) is 0 Å². The summed E-state index contributed by atoms with van der Waals surface area (Å²) in [7, 11) is 2.23. The van der Waals surface area contributed by atoms with Crippen LogP contribution in [0, 0.1) is 44.6 Å². The second kappa shape index (κ2) is 89.6. The van der Waals surface area contributed by atoms with Gasteiger partial charge in [-0.05, 0) is 7.92 Å². The summed E-state index contributed by atoms with van der Waals surface area (Å²) in [5.41, 5.74) is 0. The number of rotatable bonds is 0. The Balaban J connectivity index is -0.00000000344. The molecule has 0 spiro atoms. The van der Waals surface area contributed by atoms with Gasteiger partial charge < -0.3 is 49.2 Å². The van der Waals surface area contributed by atoms with Crippen molar-refractivity contribution in [3.63, 3.8) is 0 Å². The molecule has 0 rings (SSSR count). The van der Waals surface area contributed by atoms with Crippen LogP contribution in [0.25, 0.3) is 4.65 Å². The minimum absolute atomic E-state index is 0. The normalized spacial score (nSPS) is 4.29. The molecular formula is C9H34CoNPSi2-6. The minimum atomic E-state index is 0. The van der Waals surface area contributed by atoms with E-state index in [1.807, 2.05) is 0 Å². The summed E-state index contributed by atoms with van der Waals surface area (Å²) in [6.45, 7) is 6.81. The summed E-state index contributed by atoms with van der Waals surface area (Å²) < 4.78 is 3.78. The van der Waals surface area contributed by atoms with Gasteiger partial charge in [-0.3, -0.25) is 0 Å². The van der Waals surface area contributed by atoms with Gasteiger partial charge in [-0.25, -0.2) is 0 Å². The summed E-state index contributed by atoms with van der Waals surface area (Å²) in [6.07, 6.45) is 0. The maximum Gasteiger partial charge on any atom is 0.0461 e. The van der Waals surface area contributed by atoms with Crippen molar-refractivity contribution in [1.29, 1.82) is 0 Å². The van der Waals surface area contributed by atoms with E-state index in [1.165, 1.54) is 0 Å². The summed E-state index contributed by atoms with van der Waals surface area (Å²) in [5.74, 6) is 0. The van der Waals surface area contributed by atoms with E-state index in [1.54, 1.807) is 0 Å². The van der Waals surface area contributed by atoms with Crippen LogP contribution >= 0.6 is 7.92 Å². The van der Waals surface area contributed by atoms with E-state index in [0.29, 0.717) is 0 Å².